The average Bonchev–Trinajstić information content (AvgIpc) is 3.09. The molecule has 13 heteroatoms. The minimum Gasteiger partial charge on any atom is -0.490 e. The van der Waals surface area contributed by atoms with Crippen molar-refractivity contribution in [3.63, 3.8) is 0 Å². The zero-order valence-electron chi connectivity index (χ0n) is 29.4. The van der Waals surface area contributed by atoms with E-state index in [1.54, 1.807) is 28.9 Å². The van der Waals surface area contributed by atoms with Gasteiger partial charge in [-0.15, -0.1) is 0 Å². The van der Waals surface area contributed by atoms with E-state index in [4.69, 9.17) is 9.47 Å². The van der Waals surface area contributed by atoms with Crippen molar-refractivity contribution in [2.45, 2.75) is 96.6 Å². The number of hydrogen-bond acceptors (Lipinski definition) is 6. The number of aliphatic hydroxyl groups is 1. The van der Waals surface area contributed by atoms with Crippen LogP contribution in [0.3, 0.4) is 0 Å². The number of nitrogens with one attached hydrogen (secondary N) is 2. The number of ether oxygens (including phenoxy) is 2. The van der Waals surface area contributed by atoms with E-state index in [9.17, 15) is 32.7 Å². The quantitative estimate of drug-likeness (QED) is 0.281. The summed E-state index contributed by atoms with van der Waals surface area (Å²) in [6.07, 6.45) is 2.27. The summed E-state index contributed by atoms with van der Waals surface area (Å²) in [5.74, 6) is -0.167. The van der Waals surface area contributed by atoms with Crippen molar-refractivity contribution in [2.75, 3.05) is 44.0 Å². The highest BCUT2D eigenvalue weighted by molar-refractivity contribution is 6.02. The molecule has 10 nitrogen and oxygen atoms in total. The van der Waals surface area contributed by atoms with Gasteiger partial charge in [-0.1, -0.05) is 26.2 Å². The first-order valence-electron chi connectivity index (χ1n) is 17.6. The van der Waals surface area contributed by atoms with Gasteiger partial charge in [0.1, 0.15) is 5.75 Å². The molecule has 276 valence electrons. The highest BCUT2D eigenvalue weighted by atomic mass is 19.4. The van der Waals surface area contributed by atoms with Crippen LogP contribution in [-0.4, -0.2) is 84.4 Å². The fourth-order valence-electron chi connectivity index (χ4n) is 6.52. The molecule has 0 bridgehead atoms. The van der Waals surface area contributed by atoms with E-state index >= 15 is 0 Å². The topological polar surface area (TPSA) is 120 Å². The number of amides is 4. The molecule has 4 amide bonds. The number of benzene rings is 2. The molecule has 3 N–H and O–H groups in total. The van der Waals surface area contributed by atoms with Crippen LogP contribution in [0, 0.1) is 11.8 Å². The molecule has 1 saturated carbocycles. The van der Waals surface area contributed by atoms with E-state index in [2.05, 4.69) is 10.6 Å². The largest absolute Gasteiger partial charge is 0.490 e. The third-order valence-electron chi connectivity index (χ3n) is 9.56. The van der Waals surface area contributed by atoms with Crippen molar-refractivity contribution >= 4 is 29.2 Å². The van der Waals surface area contributed by atoms with Crippen molar-refractivity contribution in [3.8, 4) is 5.75 Å². The van der Waals surface area contributed by atoms with E-state index in [0.717, 1.165) is 69.2 Å². The van der Waals surface area contributed by atoms with Gasteiger partial charge in [-0.2, -0.15) is 13.2 Å². The lowest BCUT2D eigenvalue weighted by Crippen LogP contribution is -2.48. The minimum absolute atomic E-state index is 0.0212. The average molecular weight is 705 g/mol. The first-order valence-corrected chi connectivity index (χ1v) is 17.6. The van der Waals surface area contributed by atoms with Gasteiger partial charge in [-0.25, -0.2) is 4.79 Å². The fourth-order valence-corrected chi connectivity index (χ4v) is 6.52. The monoisotopic (exact) mass is 704 g/mol. The van der Waals surface area contributed by atoms with Gasteiger partial charge in [0.25, 0.3) is 5.91 Å². The second-order valence-electron chi connectivity index (χ2n) is 13.7. The molecule has 4 rings (SSSR count). The molecule has 1 aliphatic heterocycles. The number of alkyl halides is 3. The van der Waals surface area contributed by atoms with Crippen LogP contribution in [0.2, 0.25) is 0 Å². The summed E-state index contributed by atoms with van der Waals surface area (Å²) in [4.78, 5) is 43.8. The maximum absolute atomic E-state index is 14.4. The van der Waals surface area contributed by atoms with Crippen LogP contribution in [-0.2, 0) is 15.7 Å². The van der Waals surface area contributed by atoms with Gasteiger partial charge in [0.2, 0.25) is 5.91 Å². The summed E-state index contributed by atoms with van der Waals surface area (Å²) in [6.45, 7) is 6.42. The number of likely N-dealkylation sites (N-methyl/N-ethyl adjacent to an activating group) is 1. The maximum atomic E-state index is 14.4. The number of carbonyl (C=O) groups excluding carboxylic acids is 3. The Morgan fingerprint density at radius 3 is 2.28 bits per heavy atom. The molecule has 4 atom stereocenters. The molecule has 50 heavy (non-hydrogen) atoms. The van der Waals surface area contributed by atoms with E-state index in [-0.39, 0.29) is 60.0 Å². The van der Waals surface area contributed by atoms with Crippen LogP contribution >= 0.6 is 0 Å². The standard InChI is InChI=1S/C37H51F3N4O6/c1-24-21-44(25(2)23-45)35(47)31-20-30(42-36(48)41-29-15-13-28(14-16-29)37(38,39)40)17-18-32(31)50-26(3)10-8-9-19-49-33(24)22-43(4)34(46)27-11-6-5-7-12-27/h13-18,20,24-27,33,45H,5-12,19,21-23H2,1-4H3,(H2,41,42,48)/t24-,25+,26+,33-/m1/s1. The summed E-state index contributed by atoms with van der Waals surface area (Å²) in [7, 11) is 1.81. The van der Waals surface area contributed by atoms with Crippen molar-refractivity contribution in [2.24, 2.45) is 11.8 Å². The third kappa shape index (κ3) is 10.8. The van der Waals surface area contributed by atoms with Crippen molar-refractivity contribution in [3.05, 3.63) is 53.6 Å². The van der Waals surface area contributed by atoms with Gasteiger partial charge in [0.05, 0.1) is 36.0 Å². The number of urea groups is 1. The fraction of sp³-hybridized carbons (Fsp3) is 0.595. The summed E-state index contributed by atoms with van der Waals surface area (Å²) in [5.41, 5.74) is -0.249. The summed E-state index contributed by atoms with van der Waals surface area (Å²) >= 11 is 0. The lowest BCUT2D eigenvalue weighted by atomic mass is 9.88. The number of rotatable bonds is 7. The molecule has 0 radical (unpaired) electrons. The molecule has 2 aliphatic rings. The predicted molar refractivity (Wildman–Crippen MR) is 185 cm³/mol. The van der Waals surface area contributed by atoms with Crippen LogP contribution in [0.4, 0.5) is 29.3 Å². The van der Waals surface area contributed by atoms with E-state index in [0.29, 0.717) is 25.3 Å². The lowest BCUT2D eigenvalue weighted by molar-refractivity contribution is -0.138. The van der Waals surface area contributed by atoms with Crippen molar-refractivity contribution < 1.29 is 42.1 Å². The highest BCUT2D eigenvalue weighted by Gasteiger charge is 2.33. The molecule has 2 aromatic carbocycles. The number of fused-ring (bicyclic) bond motifs is 1. The van der Waals surface area contributed by atoms with Gasteiger partial charge >= 0.3 is 12.2 Å². The van der Waals surface area contributed by atoms with Gasteiger partial charge in [-0.05, 0) is 88.4 Å². The van der Waals surface area contributed by atoms with Gasteiger partial charge in [0, 0.05) is 50.0 Å². The first-order chi connectivity index (χ1) is 23.8. The van der Waals surface area contributed by atoms with Gasteiger partial charge < -0.3 is 35.0 Å². The molecule has 1 fully saturated rings. The number of anilines is 2. The van der Waals surface area contributed by atoms with Crippen molar-refractivity contribution in [1.82, 2.24) is 9.80 Å². The zero-order valence-corrected chi connectivity index (χ0v) is 29.4. The maximum Gasteiger partial charge on any atom is 0.416 e. The third-order valence-corrected chi connectivity index (χ3v) is 9.56. The SMILES string of the molecule is C[C@@H]1CN([C@@H](C)CO)C(=O)c2cc(NC(=O)Nc3ccc(C(F)(F)F)cc3)ccc2O[C@@H](C)CCCCO[C@@H]1CN(C)C(=O)C1CCCCC1. The molecule has 0 saturated heterocycles. The number of aliphatic hydroxyl groups excluding tert-OH is 1. The second-order valence-corrected chi connectivity index (χ2v) is 13.7. The molecule has 2 aromatic rings. The Hall–Kier alpha value is -3.84. The van der Waals surface area contributed by atoms with Crippen LogP contribution in [0.1, 0.15) is 88.1 Å². The smallest absolute Gasteiger partial charge is 0.416 e. The van der Waals surface area contributed by atoms with E-state index in [1.807, 2.05) is 20.9 Å². The summed E-state index contributed by atoms with van der Waals surface area (Å²) < 4.78 is 51.5. The number of nitrogens with zero attached hydrogens (tertiary/aromatic N) is 2. The molecule has 1 aliphatic carbocycles. The van der Waals surface area contributed by atoms with E-state index in [1.165, 1.54) is 6.07 Å². The Labute approximate surface area is 292 Å². The Morgan fingerprint density at radius 2 is 1.62 bits per heavy atom. The van der Waals surface area contributed by atoms with Crippen LogP contribution < -0.4 is 15.4 Å². The Balaban J connectivity index is 1.57. The number of hydrogen-bond donors (Lipinski definition) is 3. The van der Waals surface area contributed by atoms with Crippen LogP contribution in [0.15, 0.2) is 42.5 Å². The first kappa shape index (κ1) is 39.0. The Kier molecular flexibility index (Phi) is 13.9. The zero-order chi connectivity index (χ0) is 36.4. The second kappa shape index (κ2) is 17.9. The predicted octanol–water partition coefficient (Wildman–Crippen LogP) is 7.18. The van der Waals surface area contributed by atoms with E-state index < -0.39 is 29.7 Å². The van der Waals surface area contributed by atoms with Crippen molar-refractivity contribution in [1.29, 1.82) is 0 Å². The lowest BCUT2D eigenvalue weighted by Gasteiger charge is -2.36. The van der Waals surface area contributed by atoms with Crippen LogP contribution in [0.25, 0.3) is 0 Å². The molecular weight excluding hydrogens is 653 g/mol. The normalized spacial score (nSPS) is 22.0. The number of carbonyl (C=O) groups is 3. The molecule has 0 unspecified atom stereocenters. The Bertz CT molecular complexity index is 1430. The minimum atomic E-state index is -4.50. The van der Waals surface area contributed by atoms with Crippen LogP contribution in [0.5, 0.6) is 5.75 Å². The summed E-state index contributed by atoms with van der Waals surface area (Å²) in [6, 6.07) is 7.44. The molecule has 0 aromatic heterocycles. The van der Waals surface area contributed by atoms with Gasteiger partial charge in [-0.3, -0.25) is 9.59 Å². The molecule has 0 spiro atoms. The summed E-state index contributed by atoms with van der Waals surface area (Å²) in [5, 5.41) is 15.4. The van der Waals surface area contributed by atoms with Gasteiger partial charge in [0.15, 0.2) is 0 Å². The molecular formula is C37H51F3N4O6. The molecule has 1 heterocycles. The Morgan fingerprint density at radius 1 is 0.980 bits per heavy atom. The number of halogens is 3. The highest BCUT2D eigenvalue weighted by Crippen LogP contribution is 2.31.